The highest BCUT2D eigenvalue weighted by Gasteiger charge is 2.35. The van der Waals surface area contributed by atoms with E-state index in [0.29, 0.717) is 20.4 Å². The van der Waals surface area contributed by atoms with Crippen LogP contribution in [0.3, 0.4) is 0 Å². The van der Waals surface area contributed by atoms with Gasteiger partial charge in [0.15, 0.2) is 0 Å². The lowest BCUT2D eigenvalue weighted by atomic mass is 9.93. The molecule has 0 spiro atoms. The van der Waals surface area contributed by atoms with E-state index < -0.39 is 10.0 Å². The van der Waals surface area contributed by atoms with E-state index in [0.717, 1.165) is 36.2 Å². The second-order valence-electron chi connectivity index (χ2n) is 4.41. The molecule has 0 amide bonds. The third-order valence-electron chi connectivity index (χ3n) is 3.18. The van der Waals surface area contributed by atoms with Crippen LogP contribution >= 0.6 is 38.9 Å². The minimum Gasteiger partial charge on any atom is -0.206 e. The maximum atomic E-state index is 12.6. The average Bonchev–Trinajstić information content (AvgIpc) is 2.57. The summed E-state index contributed by atoms with van der Waals surface area (Å²) in [6.07, 6.45) is 3.04. The second kappa shape index (κ2) is 5.79. The van der Waals surface area contributed by atoms with Crippen LogP contribution in [0.15, 0.2) is 10.3 Å². The molecule has 2 rings (SSSR count). The van der Waals surface area contributed by atoms with Gasteiger partial charge in [0.2, 0.25) is 0 Å². The molecule has 0 aromatic carbocycles. The van der Waals surface area contributed by atoms with E-state index in [-0.39, 0.29) is 6.04 Å². The molecule has 0 N–H and O–H groups in total. The van der Waals surface area contributed by atoms with Crippen LogP contribution < -0.4 is 0 Å². The summed E-state index contributed by atoms with van der Waals surface area (Å²) in [6, 6.07) is 1.83. The fraction of sp³-hybridized carbons (Fsp3) is 0.636. The molecular formula is C11H15BrClNO2S2. The Labute approximate surface area is 125 Å². The molecule has 7 heteroatoms. The van der Waals surface area contributed by atoms with E-state index in [1.165, 1.54) is 0 Å². The molecule has 0 atom stereocenters. The maximum Gasteiger partial charge on any atom is 0.252 e. The first-order valence-electron chi connectivity index (χ1n) is 5.80. The molecule has 1 aliphatic carbocycles. The van der Waals surface area contributed by atoms with Gasteiger partial charge in [0.1, 0.15) is 4.21 Å². The SMILES string of the molecule is Cc1cc(S(=O)(=O)N(CCBr)C2CCC2)sc1Cl. The van der Waals surface area contributed by atoms with Crippen LogP contribution in [0.2, 0.25) is 4.34 Å². The van der Waals surface area contributed by atoms with Gasteiger partial charge in [-0.15, -0.1) is 11.3 Å². The van der Waals surface area contributed by atoms with Crippen molar-refractivity contribution in [3.63, 3.8) is 0 Å². The molecule has 0 radical (unpaired) electrons. The van der Waals surface area contributed by atoms with Gasteiger partial charge in [-0.1, -0.05) is 34.0 Å². The van der Waals surface area contributed by atoms with Crippen LogP contribution in [-0.4, -0.2) is 30.6 Å². The van der Waals surface area contributed by atoms with Gasteiger partial charge in [0, 0.05) is 17.9 Å². The maximum absolute atomic E-state index is 12.6. The smallest absolute Gasteiger partial charge is 0.206 e. The van der Waals surface area contributed by atoms with Crippen molar-refractivity contribution in [1.29, 1.82) is 0 Å². The Hall–Kier alpha value is 0.380. The summed E-state index contributed by atoms with van der Waals surface area (Å²) in [7, 11) is -3.39. The number of hydrogen-bond acceptors (Lipinski definition) is 3. The second-order valence-corrected chi connectivity index (χ2v) is 8.98. The first-order valence-corrected chi connectivity index (χ1v) is 9.56. The average molecular weight is 373 g/mol. The monoisotopic (exact) mass is 371 g/mol. The van der Waals surface area contributed by atoms with E-state index in [2.05, 4.69) is 15.9 Å². The van der Waals surface area contributed by atoms with Crippen molar-refractivity contribution in [2.24, 2.45) is 0 Å². The molecule has 102 valence electrons. The number of alkyl halides is 1. The lowest BCUT2D eigenvalue weighted by molar-refractivity contribution is 0.228. The molecule has 1 fully saturated rings. The Kier molecular flexibility index (Phi) is 4.75. The topological polar surface area (TPSA) is 37.4 Å². The van der Waals surface area contributed by atoms with E-state index in [9.17, 15) is 8.42 Å². The standard InChI is InChI=1S/C11H15BrClNO2S2/c1-8-7-10(17-11(8)13)18(15,16)14(6-5-12)9-3-2-4-9/h7,9H,2-6H2,1H3. The van der Waals surface area contributed by atoms with Gasteiger partial charge in [-0.3, -0.25) is 0 Å². The number of hydrogen-bond donors (Lipinski definition) is 0. The fourth-order valence-corrected chi connectivity index (χ4v) is 6.07. The van der Waals surface area contributed by atoms with Gasteiger partial charge in [0.05, 0.1) is 4.34 Å². The Morgan fingerprint density at radius 3 is 2.61 bits per heavy atom. The first kappa shape index (κ1) is 14.8. The van der Waals surface area contributed by atoms with Crippen molar-refractivity contribution < 1.29 is 8.42 Å². The molecule has 18 heavy (non-hydrogen) atoms. The summed E-state index contributed by atoms with van der Waals surface area (Å²) in [5.41, 5.74) is 0.827. The highest BCUT2D eigenvalue weighted by atomic mass is 79.9. The minimum atomic E-state index is -3.39. The summed E-state index contributed by atoms with van der Waals surface area (Å²) >= 11 is 10.4. The molecule has 0 bridgehead atoms. The molecule has 1 aromatic rings. The van der Waals surface area contributed by atoms with Gasteiger partial charge in [-0.25, -0.2) is 8.42 Å². The third-order valence-corrected chi connectivity index (χ3v) is 7.50. The van der Waals surface area contributed by atoms with Crippen molar-refractivity contribution in [2.75, 3.05) is 11.9 Å². The minimum absolute atomic E-state index is 0.161. The number of thiophene rings is 1. The molecule has 3 nitrogen and oxygen atoms in total. The number of nitrogens with zero attached hydrogens (tertiary/aromatic N) is 1. The van der Waals surface area contributed by atoms with Gasteiger partial charge in [0.25, 0.3) is 10.0 Å². The Balaban J connectivity index is 2.32. The fourth-order valence-electron chi connectivity index (χ4n) is 1.93. The van der Waals surface area contributed by atoms with Crippen LogP contribution in [0.5, 0.6) is 0 Å². The number of halogens is 2. The van der Waals surface area contributed by atoms with E-state index in [1.54, 1.807) is 10.4 Å². The van der Waals surface area contributed by atoms with Gasteiger partial charge in [-0.05, 0) is 31.4 Å². The number of rotatable bonds is 5. The zero-order chi connectivity index (χ0) is 13.3. The Bertz CT molecular complexity index is 506. The molecule has 1 heterocycles. The molecule has 1 aromatic heterocycles. The predicted octanol–water partition coefficient (Wildman–Crippen LogP) is 3.65. The molecule has 0 saturated heterocycles. The normalized spacial score (nSPS) is 17.1. The zero-order valence-corrected chi connectivity index (χ0v) is 14.0. The number of aryl methyl sites for hydroxylation is 1. The molecule has 1 saturated carbocycles. The summed E-state index contributed by atoms with van der Waals surface area (Å²) in [6.45, 7) is 2.34. The van der Waals surface area contributed by atoms with Gasteiger partial charge < -0.3 is 0 Å². The molecular weight excluding hydrogens is 358 g/mol. The summed E-state index contributed by atoms with van der Waals surface area (Å²) in [5, 5.41) is 0.654. The lowest BCUT2D eigenvalue weighted by Crippen LogP contribution is -2.44. The zero-order valence-electron chi connectivity index (χ0n) is 10.0. The summed E-state index contributed by atoms with van der Waals surface area (Å²) in [5.74, 6) is 0. The van der Waals surface area contributed by atoms with Crippen LogP contribution in [0.1, 0.15) is 24.8 Å². The van der Waals surface area contributed by atoms with Crippen molar-refractivity contribution in [3.05, 3.63) is 16.0 Å². The Morgan fingerprint density at radius 1 is 1.56 bits per heavy atom. The van der Waals surface area contributed by atoms with Gasteiger partial charge in [-0.2, -0.15) is 4.31 Å². The molecule has 1 aliphatic rings. The van der Waals surface area contributed by atoms with Crippen LogP contribution in [0, 0.1) is 6.92 Å². The van der Waals surface area contributed by atoms with Crippen molar-refractivity contribution in [3.8, 4) is 0 Å². The van der Waals surface area contributed by atoms with E-state index >= 15 is 0 Å². The summed E-state index contributed by atoms with van der Waals surface area (Å²) < 4.78 is 27.7. The lowest BCUT2D eigenvalue weighted by Gasteiger charge is -2.35. The predicted molar refractivity (Wildman–Crippen MR) is 79.4 cm³/mol. The third kappa shape index (κ3) is 2.77. The Morgan fingerprint density at radius 2 is 2.22 bits per heavy atom. The molecule has 0 unspecified atom stereocenters. The largest absolute Gasteiger partial charge is 0.252 e. The van der Waals surface area contributed by atoms with Crippen molar-refractivity contribution >= 4 is 48.9 Å². The highest BCUT2D eigenvalue weighted by molar-refractivity contribution is 9.09. The van der Waals surface area contributed by atoms with Crippen LogP contribution in [0.25, 0.3) is 0 Å². The van der Waals surface area contributed by atoms with Gasteiger partial charge >= 0.3 is 0 Å². The van der Waals surface area contributed by atoms with Crippen LogP contribution in [-0.2, 0) is 10.0 Å². The molecule has 0 aliphatic heterocycles. The summed E-state index contributed by atoms with van der Waals surface area (Å²) in [4.78, 5) is 0. The highest BCUT2D eigenvalue weighted by Crippen LogP contribution is 2.35. The van der Waals surface area contributed by atoms with Crippen molar-refractivity contribution in [2.45, 2.75) is 36.4 Å². The quantitative estimate of drug-likeness (QED) is 0.740. The number of sulfonamides is 1. The van der Waals surface area contributed by atoms with E-state index in [4.69, 9.17) is 11.6 Å². The van der Waals surface area contributed by atoms with Crippen LogP contribution in [0.4, 0.5) is 0 Å². The van der Waals surface area contributed by atoms with Crippen molar-refractivity contribution in [1.82, 2.24) is 4.31 Å². The first-order chi connectivity index (χ1) is 8.46. The van der Waals surface area contributed by atoms with E-state index in [1.807, 2.05) is 6.92 Å².